The zero-order valence-electron chi connectivity index (χ0n) is 12.8. The van der Waals surface area contributed by atoms with E-state index in [1.807, 2.05) is 13.1 Å². The number of halogens is 1. The van der Waals surface area contributed by atoms with Crippen LogP contribution in [0.3, 0.4) is 0 Å². The lowest BCUT2D eigenvalue weighted by molar-refractivity contribution is 0.164. The Kier molecular flexibility index (Phi) is 4.57. The van der Waals surface area contributed by atoms with E-state index in [2.05, 4.69) is 48.8 Å². The van der Waals surface area contributed by atoms with Gasteiger partial charge in [0.05, 0.1) is 6.54 Å². The van der Waals surface area contributed by atoms with Gasteiger partial charge in [0.1, 0.15) is 11.9 Å². The number of nitrogens with zero attached hydrogens (tertiary/aromatic N) is 4. The van der Waals surface area contributed by atoms with Crippen molar-refractivity contribution in [1.29, 1.82) is 0 Å². The molecule has 22 heavy (non-hydrogen) atoms. The molecule has 3 rings (SSSR count). The molecule has 2 aromatic rings. The number of pyridine rings is 1. The van der Waals surface area contributed by atoms with Gasteiger partial charge in [-0.25, -0.2) is 15.0 Å². The largest absolute Gasteiger partial charge is 0.458 e. The first kappa shape index (κ1) is 15.2. The Morgan fingerprint density at radius 2 is 1.95 bits per heavy atom. The predicted molar refractivity (Wildman–Crippen MR) is 89.3 cm³/mol. The van der Waals surface area contributed by atoms with Gasteiger partial charge < -0.3 is 9.64 Å². The van der Waals surface area contributed by atoms with Gasteiger partial charge in [0.15, 0.2) is 0 Å². The highest BCUT2D eigenvalue weighted by atomic mass is 79.9. The monoisotopic (exact) mass is 362 g/mol. The summed E-state index contributed by atoms with van der Waals surface area (Å²) >= 11 is 3.46. The number of hydrogen-bond acceptors (Lipinski definition) is 5. The van der Waals surface area contributed by atoms with Crippen molar-refractivity contribution in [3.8, 4) is 6.01 Å². The number of ether oxygens (including phenoxy) is 1. The minimum Gasteiger partial charge on any atom is -0.458 e. The van der Waals surface area contributed by atoms with Gasteiger partial charge in [-0.3, -0.25) is 0 Å². The van der Waals surface area contributed by atoms with Crippen LogP contribution < -0.4 is 9.64 Å². The summed E-state index contributed by atoms with van der Waals surface area (Å²) in [5.74, 6) is 1.03. The van der Waals surface area contributed by atoms with E-state index in [4.69, 9.17) is 4.74 Å². The van der Waals surface area contributed by atoms with E-state index in [-0.39, 0.29) is 6.10 Å². The molecular weight excluding hydrogens is 344 g/mol. The van der Waals surface area contributed by atoms with E-state index in [1.54, 1.807) is 12.4 Å². The fourth-order valence-electron chi connectivity index (χ4n) is 2.68. The predicted octanol–water partition coefficient (Wildman–Crippen LogP) is 3.30. The Balaban J connectivity index is 1.69. The molecule has 1 aliphatic heterocycles. The summed E-state index contributed by atoms with van der Waals surface area (Å²) in [6, 6.07) is 2.55. The fourth-order valence-corrected chi connectivity index (χ4v) is 3.13. The zero-order chi connectivity index (χ0) is 15.5. The SMILES string of the molecule is Cc1cnc(OC2CCCN(c3ncc(Br)cc3C)C2)nc1. The summed E-state index contributed by atoms with van der Waals surface area (Å²) in [5.41, 5.74) is 2.20. The molecule has 0 radical (unpaired) electrons. The average Bonchev–Trinajstić information content (AvgIpc) is 2.50. The summed E-state index contributed by atoms with van der Waals surface area (Å²) in [5, 5.41) is 0. The van der Waals surface area contributed by atoms with Crippen LogP contribution in [-0.2, 0) is 0 Å². The van der Waals surface area contributed by atoms with Crippen molar-refractivity contribution in [2.45, 2.75) is 32.8 Å². The smallest absolute Gasteiger partial charge is 0.316 e. The Bertz CT molecular complexity index is 647. The van der Waals surface area contributed by atoms with Crippen molar-refractivity contribution in [2.75, 3.05) is 18.0 Å². The Morgan fingerprint density at radius 1 is 1.18 bits per heavy atom. The molecule has 0 N–H and O–H groups in total. The second-order valence-corrected chi connectivity index (χ2v) is 6.58. The molecule has 1 fully saturated rings. The van der Waals surface area contributed by atoms with E-state index in [1.165, 1.54) is 5.56 Å². The minimum atomic E-state index is 0.0984. The number of aromatic nitrogens is 3. The lowest BCUT2D eigenvalue weighted by Crippen LogP contribution is -2.42. The third-order valence-electron chi connectivity index (χ3n) is 3.72. The van der Waals surface area contributed by atoms with E-state index in [0.29, 0.717) is 6.01 Å². The molecule has 3 heterocycles. The summed E-state index contributed by atoms with van der Waals surface area (Å²) in [6.45, 7) is 5.87. The minimum absolute atomic E-state index is 0.0984. The molecule has 0 aliphatic carbocycles. The van der Waals surface area contributed by atoms with Crippen LogP contribution in [0.2, 0.25) is 0 Å². The Labute approximate surface area is 138 Å². The summed E-state index contributed by atoms with van der Waals surface area (Å²) in [7, 11) is 0. The molecule has 0 aromatic carbocycles. The van der Waals surface area contributed by atoms with Crippen molar-refractivity contribution < 1.29 is 4.74 Å². The molecule has 2 aromatic heterocycles. The lowest BCUT2D eigenvalue weighted by atomic mass is 10.1. The number of hydrogen-bond donors (Lipinski definition) is 0. The van der Waals surface area contributed by atoms with Crippen LogP contribution in [0.1, 0.15) is 24.0 Å². The van der Waals surface area contributed by atoms with Gasteiger partial charge in [-0.15, -0.1) is 0 Å². The van der Waals surface area contributed by atoms with Gasteiger partial charge >= 0.3 is 6.01 Å². The maximum atomic E-state index is 5.92. The first-order valence-corrected chi connectivity index (χ1v) is 8.23. The van der Waals surface area contributed by atoms with Crippen molar-refractivity contribution in [1.82, 2.24) is 15.0 Å². The molecule has 0 bridgehead atoms. The molecule has 1 saturated heterocycles. The van der Waals surface area contributed by atoms with E-state index >= 15 is 0 Å². The maximum Gasteiger partial charge on any atom is 0.316 e. The van der Waals surface area contributed by atoms with Crippen LogP contribution in [-0.4, -0.2) is 34.1 Å². The van der Waals surface area contributed by atoms with Crippen LogP contribution in [0, 0.1) is 13.8 Å². The molecule has 5 nitrogen and oxygen atoms in total. The molecular formula is C16H19BrN4O. The normalized spacial score (nSPS) is 18.3. The van der Waals surface area contributed by atoms with Crippen LogP contribution in [0.4, 0.5) is 5.82 Å². The van der Waals surface area contributed by atoms with Crippen molar-refractivity contribution in [3.63, 3.8) is 0 Å². The van der Waals surface area contributed by atoms with Crippen molar-refractivity contribution in [2.24, 2.45) is 0 Å². The van der Waals surface area contributed by atoms with Crippen LogP contribution in [0.25, 0.3) is 0 Å². The summed E-state index contributed by atoms with van der Waals surface area (Å²) < 4.78 is 6.93. The molecule has 0 spiro atoms. The Hall–Kier alpha value is -1.69. The lowest BCUT2D eigenvalue weighted by Gasteiger charge is -2.33. The Morgan fingerprint density at radius 3 is 2.68 bits per heavy atom. The molecule has 0 amide bonds. The zero-order valence-corrected chi connectivity index (χ0v) is 14.4. The maximum absolute atomic E-state index is 5.92. The number of piperidine rings is 1. The molecule has 1 atom stereocenters. The highest BCUT2D eigenvalue weighted by molar-refractivity contribution is 9.10. The van der Waals surface area contributed by atoms with Gasteiger partial charge in [-0.2, -0.15) is 0 Å². The average molecular weight is 363 g/mol. The quantitative estimate of drug-likeness (QED) is 0.838. The standard InChI is InChI=1S/C16H19BrN4O/c1-11-7-19-16(20-8-11)22-14-4-3-5-21(10-14)15-12(2)6-13(17)9-18-15/h6-9,14H,3-5,10H2,1-2H3. The first-order chi connectivity index (χ1) is 10.6. The van der Waals surface area contributed by atoms with E-state index < -0.39 is 0 Å². The third kappa shape index (κ3) is 3.55. The first-order valence-electron chi connectivity index (χ1n) is 7.44. The third-order valence-corrected chi connectivity index (χ3v) is 4.16. The van der Waals surface area contributed by atoms with Gasteiger partial charge in [0.25, 0.3) is 0 Å². The van der Waals surface area contributed by atoms with Crippen LogP contribution in [0.15, 0.2) is 29.1 Å². The highest BCUT2D eigenvalue weighted by Gasteiger charge is 2.24. The summed E-state index contributed by atoms with van der Waals surface area (Å²) in [6.07, 6.45) is 7.60. The summed E-state index contributed by atoms with van der Waals surface area (Å²) in [4.78, 5) is 15.3. The van der Waals surface area contributed by atoms with Crippen LogP contribution in [0.5, 0.6) is 6.01 Å². The van der Waals surface area contributed by atoms with E-state index in [9.17, 15) is 0 Å². The molecule has 1 unspecified atom stereocenters. The van der Waals surface area contributed by atoms with Crippen molar-refractivity contribution in [3.05, 3.63) is 40.3 Å². The molecule has 1 aliphatic rings. The van der Waals surface area contributed by atoms with Gasteiger partial charge in [-0.05, 0) is 59.8 Å². The molecule has 6 heteroatoms. The van der Waals surface area contributed by atoms with Gasteiger partial charge in [0.2, 0.25) is 0 Å². The van der Waals surface area contributed by atoms with E-state index in [0.717, 1.165) is 41.8 Å². The molecule has 0 saturated carbocycles. The second kappa shape index (κ2) is 6.60. The number of anilines is 1. The van der Waals surface area contributed by atoms with Crippen LogP contribution >= 0.6 is 15.9 Å². The number of rotatable bonds is 3. The second-order valence-electron chi connectivity index (χ2n) is 5.67. The van der Waals surface area contributed by atoms with Gasteiger partial charge in [-0.1, -0.05) is 0 Å². The fraction of sp³-hybridized carbons (Fsp3) is 0.438. The van der Waals surface area contributed by atoms with Crippen molar-refractivity contribution >= 4 is 21.7 Å². The van der Waals surface area contributed by atoms with Gasteiger partial charge in [0, 0.05) is 29.6 Å². The highest BCUT2D eigenvalue weighted by Crippen LogP contribution is 2.25. The topological polar surface area (TPSA) is 51.1 Å². The molecule has 116 valence electrons. The number of aryl methyl sites for hydroxylation is 2.